The Morgan fingerprint density at radius 2 is 1.91 bits per heavy atom. The van der Waals surface area contributed by atoms with E-state index < -0.39 is 5.60 Å². The molecule has 0 aromatic carbocycles. The lowest BCUT2D eigenvalue weighted by molar-refractivity contribution is -0.173. The van der Waals surface area contributed by atoms with Gasteiger partial charge in [0.1, 0.15) is 0 Å². The first-order valence-corrected chi connectivity index (χ1v) is 8.96. The molecule has 3 rings (SSSR count). The van der Waals surface area contributed by atoms with Gasteiger partial charge in [0.05, 0.1) is 23.5 Å². The van der Waals surface area contributed by atoms with Gasteiger partial charge in [0.2, 0.25) is 0 Å². The number of aromatic nitrogens is 2. The number of piperidine rings is 1. The summed E-state index contributed by atoms with van der Waals surface area (Å²) in [6.07, 6.45) is 3.57. The summed E-state index contributed by atoms with van der Waals surface area (Å²) in [5, 5.41) is 15.0. The Bertz CT molecular complexity index is 557. The zero-order valence-electron chi connectivity index (χ0n) is 15.1. The molecule has 0 radical (unpaired) electrons. The molecule has 1 aromatic heterocycles. The lowest BCUT2D eigenvalue weighted by Gasteiger charge is -2.48. The molecule has 5 nitrogen and oxygen atoms in total. The highest BCUT2D eigenvalue weighted by atomic mass is 16.5. The molecule has 130 valence electrons. The first-order chi connectivity index (χ1) is 10.8. The van der Waals surface area contributed by atoms with Gasteiger partial charge in [-0.25, -0.2) is 0 Å². The van der Waals surface area contributed by atoms with E-state index in [-0.39, 0.29) is 5.60 Å². The van der Waals surface area contributed by atoms with Crippen LogP contribution in [0.2, 0.25) is 0 Å². The largest absolute Gasteiger partial charge is 0.390 e. The van der Waals surface area contributed by atoms with E-state index in [1.165, 1.54) is 11.3 Å². The Morgan fingerprint density at radius 1 is 1.22 bits per heavy atom. The molecule has 1 atom stereocenters. The van der Waals surface area contributed by atoms with Crippen molar-refractivity contribution in [1.29, 1.82) is 0 Å². The number of likely N-dealkylation sites (tertiary alicyclic amines) is 1. The third kappa shape index (κ3) is 3.47. The van der Waals surface area contributed by atoms with E-state index in [0.717, 1.165) is 57.6 Å². The van der Waals surface area contributed by atoms with Crippen molar-refractivity contribution < 1.29 is 9.84 Å². The van der Waals surface area contributed by atoms with Crippen molar-refractivity contribution in [2.24, 2.45) is 0 Å². The summed E-state index contributed by atoms with van der Waals surface area (Å²) in [5.41, 5.74) is 3.16. The number of nitrogens with zero attached hydrogens (tertiary/aromatic N) is 3. The van der Waals surface area contributed by atoms with Crippen LogP contribution in [0.4, 0.5) is 0 Å². The normalized spacial score (nSPS) is 28.4. The van der Waals surface area contributed by atoms with Gasteiger partial charge in [0.15, 0.2) is 0 Å². The molecule has 0 aliphatic carbocycles. The summed E-state index contributed by atoms with van der Waals surface area (Å²) in [7, 11) is 0. The predicted octanol–water partition coefficient (Wildman–Crippen LogP) is 2.42. The molecule has 3 heterocycles. The van der Waals surface area contributed by atoms with Crippen molar-refractivity contribution in [3.05, 3.63) is 17.0 Å². The van der Waals surface area contributed by atoms with Crippen LogP contribution >= 0.6 is 0 Å². The lowest BCUT2D eigenvalue weighted by atomic mass is 9.78. The summed E-state index contributed by atoms with van der Waals surface area (Å²) in [4.78, 5) is 2.51. The van der Waals surface area contributed by atoms with E-state index in [4.69, 9.17) is 4.74 Å². The van der Waals surface area contributed by atoms with Crippen LogP contribution in [0.15, 0.2) is 0 Å². The number of rotatable bonds is 3. The van der Waals surface area contributed by atoms with Gasteiger partial charge >= 0.3 is 0 Å². The maximum atomic E-state index is 10.4. The summed E-state index contributed by atoms with van der Waals surface area (Å²) in [6, 6.07) is 0. The van der Waals surface area contributed by atoms with Gasteiger partial charge in [-0.1, -0.05) is 0 Å². The fraction of sp³-hybridized carbons (Fsp3) is 0.833. The average molecular weight is 321 g/mol. The Labute approximate surface area is 139 Å². The summed E-state index contributed by atoms with van der Waals surface area (Å²) in [6.45, 7) is 13.0. The van der Waals surface area contributed by atoms with Crippen LogP contribution < -0.4 is 0 Å². The third-order valence-corrected chi connectivity index (χ3v) is 5.73. The molecule has 0 bridgehead atoms. The minimum atomic E-state index is -0.560. The van der Waals surface area contributed by atoms with Crippen LogP contribution in [0.1, 0.15) is 56.5 Å². The highest BCUT2D eigenvalue weighted by molar-refractivity contribution is 5.24. The van der Waals surface area contributed by atoms with Crippen molar-refractivity contribution in [2.45, 2.75) is 77.7 Å². The van der Waals surface area contributed by atoms with E-state index in [0.29, 0.717) is 6.61 Å². The third-order valence-electron chi connectivity index (χ3n) is 5.73. The molecule has 1 spiro atoms. The SMILES string of the molecule is CCn1nc(C)c(CN2CCC3(CC2)CC(C)(O)CCO3)c1C. The quantitative estimate of drug-likeness (QED) is 0.929. The Balaban J connectivity index is 1.63. The van der Waals surface area contributed by atoms with Crippen molar-refractivity contribution in [3.63, 3.8) is 0 Å². The summed E-state index contributed by atoms with van der Waals surface area (Å²) >= 11 is 0. The Hall–Kier alpha value is -0.910. The van der Waals surface area contributed by atoms with E-state index >= 15 is 0 Å². The molecular weight excluding hydrogens is 290 g/mol. The lowest BCUT2D eigenvalue weighted by Crippen LogP contribution is -2.53. The molecule has 2 fully saturated rings. The smallest absolute Gasteiger partial charge is 0.0734 e. The average Bonchev–Trinajstić information content (AvgIpc) is 2.76. The van der Waals surface area contributed by atoms with Gasteiger partial charge < -0.3 is 9.84 Å². The Kier molecular flexibility index (Phi) is 4.55. The molecule has 2 aliphatic rings. The molecule has 2 saturated heterocycles. The highest BCUT2D eigenvalue weighted by Crippen LogP contribution is 2.39. The molecule has 1 aromatic rings. The van der Waals surface area contributed by atoms with Crippen LogP contribution in [0, 0.1) is 13.8 Å². The first kappa shape index (κ1) is 16.9. The van der Waals surface area contributed by atoms with Gasteiger partial charge in [0.25, 0.3) is 0 Å². The number of hydrogen-bond acceptors (Lipinski definition) is 4. The number of aryl methyl sites for hydroxylation is 2. The fourth-order valence-electron chi connectivity index (χ4n) is 4.25. The minimum absolute atomic E-state index is 0.101. The number of ether oxygens (including phenoxy) is 1. The standard InChI is InChI=1S/C18H31N3O2/c1-5-21-15(3)16(14(2)19-21)12-20-9-6-18(7-10-20)13-17(4,22)8-11-23-18/h22H,5-13H2,1-4H3. The first-order valence-electron chi connectivity index (χ1n) is 8.96. The maximum Gasteiger partial charge on any atom is 0.0734 e. The van der Waals surface area contributed by atoms with Gasteiger partial charge in [-0.05, 0) is 47.0 Å². The van der Waals surface area contributed by atoms with Crippen molar-refractivity contribution in [1.82, 2.24) is 14.7 Å². The molecule has 2 aliphatic heterocycles. The molecule has 23 heavy (non-hydrogen) atoms. The van der Waals surface area contributed by atoms with E-state index in [9.17, 15) is 5.11 Å². The van der Waals surface area contributed by atoms with Crippen molar-refractivity contribution in [2.75, 3.05) is 19.7 Å². The molecule has 1 unspecified atom stereocenters. The highest BCUT2D eigenvalue weighted by Gasteiger charge is 2.44. The van der Waals surface area contributed by atoms with Crippen LogP contribution in [0.25, 0.3) is 0 Å². The van der Waals surface area contributed by atoms with Crippen molar-refractivity contribution in [3.8, 4) is 0 Å². The van der Waals surface area contributed by atoms with E-state index in [2.05, 4.69) is 35.5 Å². The molecule has 0 amide bonds. The second-order valence-electron chi connectivity index (χ2n) is 7.70. The zero-order valence-corrected chi connectivity index (χ0v) is 15.1. The molecule has 5 heteroatoms. The second kappa shape index (κ2) is 6.19. The van der Waals surface area contributed by atoms with Gasteiger partial charge in [0, 0.05) is 43.9 Å². The molecule has 1 N–H and O–H groups in total. The van der Waals surface area contributed by atoms with E-state index in [1.807, 2.05) is 6.92 Å². The number of aliphatic hydroxyl groups is 1. The Morgan fingerprint density at radius 3 is 2.48 bits per heavy atom. The van der Waals surface area contributed by atoms with Crippen LogP contribution in [0.5, 0.6) is 0 Å². The van der Waals surface area contributed by atoms with Gasteiger partial charge in [-0.2, -0.15) is 5.10 Å². The molecule has 0 saturated carbocycles. The minimum Gasteiger partial charge on any atom is -0.390 e. The van der Waals surface area contributed by atoms with Crippen LogP contribution in [0.3, 0.4) is 0 Å². The van der Waals surface area contributed by atoms with Gasteiger partial charge in [-0.15, -0.1) is 0 Å². The van der Waals surface area contributed by atoms with Crippen LogP contribution in [-0.2, 0) is 17.8 Å². The second-order valence-corrected chi connectivity index (χ2v) is 7.70. The fourth-order valence-corrected chi connectivity index (χ4v) is 4.25. The zero-order chi connectivity index (χ0) is 16.7. The summed E-state index contributed by atoms with van der Waals surface area (Å²) < 4.78 is 8.20. The summed E-state index contributed by atoms with van der Waals surface area (Å²) in [5.74, 6) is 0. The topological polar surface area (TPSA) is 50.5 Å². The monoisotopic (exact) mass is 321 g/mol. The molecular formula is C18H31N3O2. The number of hydrogen-bond donors (Lipinski definition) is 1. The van der Waals surface area contributed by atoms with E-state index in [1.54, 1.807) is 0 Å². The predicted molar refractivity (Wildman–Crippen MR) is 90.4 cm³/mol. The van der Waals surface area contributed by atoms with Gasteiger partial charge in [-0.3, -0.25) is 9.58 Å². The van der Waals surface area contributed by atoms with Crippen LogP contribution in [-0.4, -0.2) is 50.7 Å². The van der Waals surface area contributed by atoms with Crippen molar-refractivity contribution >= 4 is 0 Å². The maximum absolute atomic E-state index is 10.4.